The maximum Gasteiger partial charge on any atom is 0.142 e. The summed E-state index contributed by atoms with van der Waals surface area (Å²) in [7, 11) is 1.52. The Hall–Kier alpha value is -1.94. The van der Waals surface area contributed by atoms with Crippen molar-refractivity contribution >= 4 is 28.7 Å². The molecular weight excluding hydrogens is 255 g/mol. The van der Waals surface area contributed by atoms with Crippen molar-refractivity contribution in [1.29, 1.82) is 0 Å². The fraction of sp³-hybridized carbons (Fsp3) is 0.0769. The molecule has 0 spiro atoms. The van der Waals surface area contributed by atoms with E-state index in [9.17, 15) is 4.39 Å². The Labute approximate surface area is 109 Å². The van der Waals surface area contributed by atoms with Crippen LogP contribution in [-0.4, -0.2) is 7.11 Å². The quantitative estimate of drug-likeness (QED) is 0.831. The zero-order chi connectivity index (χ0) is 13.1. The smallest absolute Gasteiger partial charge is 0.142 e. The molecule has 0 atom stereocenters. The van der Waals surface area contributed by atoms with Gasteiger partial charge in [-0.1, -0.05) is 11.6 Å². The summed E-state index contributed by atoms with van der Waals surface area (Å²) in [4.78, 5) is 0. The first kappa shape index (κ1) is 12.5. The summed E-state index contributed by atoms with van der Waals surface area (Å²) in [5.41, 5.74) is 7.45. The number of hydrogen-bond donors (Lipinski definition) is 2. The van der Waals surface area contributed by atoms with Crippen LogP contribution >= 0.6 is 11.6 Å². The van der Waals surface area contributed by atoms with E-state index in [0.29, 0.717) is 27.8 Å². The predicted octanol–water partition coefficient (Wildman–Crippen LogP) is 3.81. The fourth-order valence-electron chi connectivity index (χ4n) is 1.57. The van der Waals surface area contributed by atoms with Crippen LogP contribution in [0.25, 0.3) is 0 Å². The van der Waals surface area contributed by atoms with Crippen LogP contribution in [0.2, 0.25) is 5.02 Å². The van der Waals surface area contributed by atoms with Crippen LogP contribution < -0.4 is 15.8 Å². The minimum Gasteiger partial charge on any atom is -0.495 e. The fourth-order valence-corrected chi connectivity index (χ4v) is 1.75. The normalized spacial score (nSPS) is 10.2. The minimum atomic E-state index is -0.356. The largest absolute Gasteiger partial charge is 0.495 e. The van der Waals surface area contributed by atoms with Gasteiger partial charge < -0.3 is 15.8 Å². The highest BCUT2D eigenvalue weighted by Gasteiger charge is 2.07. The molecule has 0 aliphatic carbocycles. The zero-order valence-corrected chi connectivity index (χ0v) is 10.5. The lowest BCUT2D eigenvalue weighted by Gasteiger charge is -2.13. The third-order valence-corrected chi connectivity index (χ3v) is 2.68. The number of nitrogen functional groups attached to an aromatic ring is 1. The van der Waals surface area contributed by atoms with Crippen molar-refractivity contribution in [1.82, 2.24) is 0 Å². The molecule has 2 aromatic carbocycles. The molecular formula is C13H12ClFN2O. The molecule has 0 radical (unpaired) electrons. The van der Waals surface area contributed by atoms with E-state index in [-0.39, 0.29) is 5.82 Å². The number of halogens is 2. The average Bonchev–Trinajstić information content (AvgIpc) is 2.33. The molecule has 0 aliphatic rings. The van der Waals surface area contributed by atoms with Crippen LogP contribution in [0.1, 0.15) is 0 Å². The van der Waals surface area contributed by atoms with Crippen LogP contribution in [-0.2, 0) is 0 Å². The van der Waals surface area contributed by atoms with E-state index < -0.39 is 0 Å². The van der Waals surface area contributed by atoms with Gasteiger partial charge in [-0.3, -0.25) is 0 Å². The van der Waals surface area contributed by atoms with Gasteiger partial charge in [0.2, 0.25) is 0 Å². The molecule has 94 valence electrons. The summed E-state index contributed by atoms with van der Waals surface area (Å²) in [5, 5.41) is 3.56. The van der Waals surface area contributed by atoms with Crippen LogP contribution in [0.4, 0.5) is 21.5 Å². The van der Waals surface area contributed by atoms with E-state index in [1.54, 1.807) is 24.3 Å². The molecule has 3 nitrogen and oxygen atoms in total. The second-order valence-corrected chi connectivity index (χ2v) is 4.14. The first-order valence-corrected chi connectivity index (χ1v) is 5.63. The second-order valence-electron chi connectivity index (χ2n) is 3.70. The first-order valence-electron chi connectivity index (χ1n) is 5.26. The molecule has 0 bridgehead atoms. The Balaban J connectivity index is 2.36. The van der Waals surface area contributed by atoms with Crippen LogP contribution in [0.3, 0.4) is 0 Å². The van der Waals surface area contributed by atoms with Crippen molar-refractivity contribution < 1.29 is 9.13 Å². The molecule has 0 fully saturated rings. The van der Waals surface area contributed by atoms with Gasteiger partial charge in [0.1, 0.15) is 11.6 Å². The molecule has 18 heavy (non-hydrogen) atoms. The number of rotatable bonds is 3. The van der Waals surface area contributed by atoms with Crippen molar-refractivity contribution in [2.75, 3.05) is 18.2 Å². The van der Waals surface area contributed by atoms with Crippen LogP contribution in [0, 0.1) is 5.82 Å². The average molecular weight is 267 g/mol. The zero-order valence-electron chi connectivity index (χ0n) is 9.71. The summed E-state index contributed by atoms with van der Waals surface area (Å²) in [6.45, 7) is 0. The molecule has 0 saturated carbocycles. The number of nitrogens with one attached hydrogen (secondary N) is 1. The van der Waals surface area contributed by atoms with Crippen molar-refractivity contribution in [2.24, 2.45) is 0 Å². The Kier molecular flexibility index (Phi) is 3.58. The monoisotopic (exact) mass is 266 g/mol. The molecule has 0 aliphatic heterocycles. The molecule has 3 N–H and O–H groups in total. The van der Waals surface area contributed by atoms with Gasteiger partial charge in [0.05, 0.1) is 24.2 Å². The standard InChI is InChI=1S/C13H12ClFN2O/c1-18-13-5-3-9(15)7-12(13)17-11-4-2-8(14)6-10(11)16/h2-7,17H,16H2,1H3. The highest BCUT2D eigenvalue weighted by Crippen LogP contribution is 2.31. The minimum absolute atomic E-state index is 0.356. The van der Waals surface area contributed by atoms with E-state index in [1.807, 2.05) is 0 Å². The highest BCUT2D eigenvalue weighted by molar-refractivity contribution is 6.31. The van der Waals surface area contributed by atoms with E-state index in [2.05, 4.69) is 5.32 Å². The van der Waals surface area contributed by atoms with Gasteiger partial charge in [-0.25, -0.2) is 4.39 Å². The summed E-state index contributed by atoms with van der Waals surface area (Å²) in [5.74, 6) is 0.177. The third-order valence-electron chi connectivity index (χ3n) is 2.44. The Morgan fingerprint density at radius 3 is 2.61 bits per heavy atom. The van der Waals surface area contributed by atoms with Gasteiger partial charge in [0, 0.05) is 11.1 Å². The first-order chi connectivity index (χ1) is 8.60. The molecule has 2 aromatic rings. The van der Waals surface area contributed by atoms with Crippen molar-refractivity contribution in [3.8, 4) is 5.75 Å². The molecule has 0 saturated heterocycles. The molecule has 0 amide bonds. The number of anilines is 3. The molecule has 0 heterocycles. The van der Waals surface area contributed by atoms with E-state index in [4.69, 9.17) is 22.1 Å². The number of hydrogen-bond acceptors (Lipinski definition) is 3. The molecule has 0 aromatic heterocycles. The van der Waals surface area contributed by atoms with Crippen LogP contribution in [0.5, 0.6) is 5.75 Å². The topological polar surface area (TPSA) is 47.3 Å². The summed E-state index contributed by atoms with van der Waals surface area (Å²) in [6, 6.07) is 9.26. The maximum absolute atomic E-state index is 13.2. The lowest BCUT2D eigenvalue weighted by atomic mass is 10.2. The molecule has 2 rings (SSSR count). The van der Waals surface area contributed by atoms with Crippen molar-refractivity contribution in [3.63, 3.8) is 0 Å². The number of benzene rings is 2. The number of methoxy groups -OCH3 is 1. The van der Waals surface area contributed by atoms with Gasteiger partial charge in [-0.2, -0.15) is 0 Å². The Morgan fingerprint density at radius 1 is 1.17 bits per heavy atom. The number of nitrogens with two attached hydrogens (primary N) is 1. The maximum atomic E-state index is 13.2. The lowest BCUT2D eigenvalue weighted by molar-refractivity contribution is 0.416. The van der Waals surface area contributed by atoms with Gasteiger partial charge in [0.25, 0.3) is 0 Å². The van der Waals surface area contributed by atoms with Gasteiger partial charge in [-0.05, 0) is 30.3 Å². The molecule has 5 heteroatoms. The summed E-state index contributed by atoms with van der Waals surface area (Å²) >= 11 is 5.81. The highest BCUT2D eigenvalue weighted by atomic mass is 35.5. The van der Waals surface area contributed by atoms with Crippen LogP contribution in [0.15, 0.2) is 36.4 Å². The summed E-state index contributed by atoms with van der Waals surface area (Å²) < 4.78 is 18.3. The molecule has 0 unspecified atom stereocenters. The number of ether oxygens (including phenoxy) is 1. The van der Waals surface area contributed by atoms with Crippen molar-refractivity contribution in [3.05, 3.63) is 47.2 Å². The third kappa shape index (κ3) is 2.65. The summed E-state index contributed by atoms with van der Waals surface area (Å²) in [6.07, 6.45) is 0. The Morgan fingerprint density at radius 2 is 1.94 bits per heavy atom. The predicted molar refractivity (Wildman–Crippen MR) is 72.1 cm³/mol. The van der Waals surface area contributed by atoms with Gasteiger partial charge >= 0.3 is 0 Å². The van der Waals surface area contributed by atoms with E-state index in [0.717, 1.165) is 0 Å². The second kappa shape index (κ2) is 5.14. The van der Waals surface area contributed by atoms with Crippen molar-refractivity contribution in [2.45, 2.75) is 0 Å². The Bertz CT molecular complexity index is 575. The van der Waals surface area contributed by atoms with E-state index >= 15 is 0 Å². The van der Waals surface area contributed by atoms with E-state index in [1.165, 1.54) is 19.2 Å². The SMILES string of the molecule is COc1ccc(F)cc1Nc1ccc(Cl)cc1N. The van der Waals surface area contributed by atoms with Gasteiger partial charge in [-0.15, -0.1) is 0 Å². The lowest BCUT2D eigenvalue weighted by Crippen LogP contribution is -1.98. The van der Waals surface area contributed by atoms with Gasteiger partial charge in [0.15, 0.2) is 0 Å².